The summed E-state index contributed by atoms with van der Waals surface area (Å²) in [6, 6.07) is 1.82. The fourth-order valence-electron chi connectivity index (χ4n) is 1.39. The second kappa shape index (κ2) is 4.07. The number of carbonyl (C=O) groups is 1. The van der Waals surface area contributed by atoms with Crippen molar-refractivity contribution >= 4 is 5.91 Å². The van der Waals surface area contributed by atoms with E-state index in [9.17, 15) is 4.79 Å². The quantitative estimate of drug-likeness (QED) is 0.618. The molecule has 0 radical (unpaired) electrons. The lowest BCUT2D eigenvalue weighted by atomic mass is 10.1. The van der Waals surface area contributed by atoms with E-state index in [0.717, 1.165) is 6.42 Å². The summed E-state index contributed by atoms with van der Waals surface area (Å²) in [5.41, 5.74) is 0. The molecule has 0 aliphatic carbocycles. The molecular weight excluding hydrogens is 156 g/mol. The molecule has 66 valence electrons. The summed E-state index contributed by atoms with van der Waals surface area (Å²) in [7, 11) is 0. The highest BCUT2D eigenvalue weighted by atomic mass is 16.3. The molecule has 1 aliphatic rings. The maximum Gasteiger partial charge on any atom is 0.236 e. The van der Waals surface area contributed by atoms with Gasteiger partial charge in [-0.25, -0.2) is 0 Å². The molecule has 1 saturated heterocycles. The van der Waals surface area contributed by atoms with Gasteiger partial charge in [0.2, 0.25) is 5.91 Å². The first-order valence-electron chi connectivity index (χ1n) is 4.03. The maximum atomic E-state index is 11.1. The zero-order chi connectivity index (χ0) is 8.97. The van der Waals surface area contributed by atoms with Gasteiger partial charge in [-0.2, -0.15) is 5.26 Å². The number of nitriles is 1. The number of amides is 1. The van der Waals surface area contributed by atoms with Crippen LogP contribution in [0.15, 0.2) is 0 Å². The SMILES string of the molecule is N#CCC(=O)N1CCC(CO)C1. The van der Waals surface area contributed by atoms with Gasteiger partial charge in [0.25, 0.3) is 0 Å². The first-order chi connectivity index (χ1) is 5.77. The highest BCUT2D eigenvalue weighted by molar-refractivity contribution is 5.78. The topological polar surface area (TPSA) is 64.3 Å². The van der Waals surface area contributed by atoms with Crippen LogP contribution < -0.4 is 0 Å². The van der Waals surface area contributed by atoms with E-state index >= 15 is 0 Å². The fourth-order valence-corrected chi connectivity index (χ4v) is 1.39. The van der Waals surface area contributed by atoms with Crippen LogP contribution in [0.25, 0.3) is 0 Å². The lowest BCUT2D eigenvalue weighted by Gasteiger charge is -2.13. The van der Waals surface area contributed by atoms with E-state index in [1.165, 1.54) is 0 Å². The summed E-state index contributed by atoms with van der Waals surface area (Å²) < 4.78 is 0. The summed E-state index contributed by atoms with van der Waals surface area (Å²) in [5.74, 6) is 0.0982. The molecule has 1 heterocycles. The average Bonchev–Trinajstić information content (AvgIpc) is 2.52. The van der Waals surface area contributed by atoms with Gasteiger partial charge < -0.3 is 10.0 Å². The van der Waals surface area contributed by atoms with Crippen molar-refractivity contribution < 1.29 is 9.90 Å². The number of aliphatic hydroxyl groups is 1. The van der Waals surface area contributed by atoms with Crippen LogP contribution in [0.3, 0.4) is 0 Å². The molecule has 1 N–H and O–H groups in total. The predicted molar refractivity (Wildman–Crippen MR) is 42.0 cm³/mol. The smallest absolute Gasteiger partial charge is 0.236 e. The van der Waals surface area contributed by atoms with Gasteiger partial charge in [-0.1, -0.05) is 0 Å². The molecule has 0 spiro atoms. The Labute approximate surface area is 71.4 Å². The van der Waals surface area contributed by atoms with Crippen LogP contribution in [0.1, 0.15) is 12.8 Å². The van der Waals surface area contributed by atoms with E-state index in [0.29, 0.717) is 13.1 Å². The van der Waals surface area contributed by atoms with E-state index in [1.54, 1.807) is 4.90 Å². The molecule has 12 heavy (non-hydrogen) atoms. The van der Waals surface area contributed by atoms with Crippen LogP contribution in [0.2, 0.25) is 0 Å². The van der Waals surface area contributed by atoms with E-state index in [-0.39, 0.29) is 24.9 Å². The number of hydrogen-bond acceptors (Lipinski definition) is 3. The zero-order valence-corrected chi connectivity index (χ0v) is 6.86. The Morgan fingerprint density at radius 1 is 1.75 bits per heavy atom. The van der Waals surface area contributed by atoms with Crippen molar-refractivity contribution in [3.05, 3.63) is 0 Å². The molecule has 1 aliphatic heterocycles. The lowest BCUT2D eigenvalue weighted by molar-refractivity contribution is -0.129. The Bertz CT molecular complexity index is 210. The summed E-state index contributed by atoms with van der Waals surface area (Å²) in [5, 5.41) is 17.1. The van der Waals surface area contributed by atoms with Crippen LogP contribution in [0, 0.1) is 17.2 Å². The molecule has 1 rings (SSSR count). The fraction of sp³-hybridized carbons (Fsp3) is 0.750. The van der Waals surface area contributed by atoms with Crippen LogP contribution >= 0.6 is 0 Å². The van der Waals surface area contributed by atoms with Crippen molar-refractivity contribution in [2.75, 3.05) is 19.7 Å². The third-order valence-corrected chi connectivity index (χ3v) is 2.13. The van der Waals surface area contributed by atoms with E-state index in [4.69, 9.17) is 10.4 Å². The second-order valence-electron chi connectivity index (χ2n) is 3.01. The standard InChI is InChI=1S/C8H12N2O2/c9-3-1-8(12)10-4-2-7(5-10)6-11/h7,11H,1-2,4-6H2. The third kappa shape index (κ3) is 1.95. The highest BCUT2D eigenvalue weighted by Gasteiger charge is 2.24. The second-order valence-corrected chi connectivity index (χ2v) is 3.01. The number of likely N-dealkylation sites (tertiary alicyclic amines) is 1. The van der Waals surface area contributed by atoms with E-state index in [1.807, 2.05) is 6.07 Å². The highest BCUT2D eigenvalue weighted by Crippen LogP contribution is 2.15. The Balaban J connectivity index is 2.37. The van der Waals surface area contributed by atoms with Crippen molar-refractivity contribution in [2.24, 2.45) is 5.92 Å². The number of rotatable bonds is 2. The minimum atomic E-state index is -0.117. The summed E-state index contributed by atoms with van der Waals surface area (Å²) in [6.45, 7) is 1.43. The van der Waals surface area contributed by atoms with E-state index < -0.39 is 0 Å². The molecule has 1 fully saturated rings. The lowest BCUT2D eigenvalue weighted by Crippen LogP contribution is -2.28. The van der Waals surface area contributed by atoms with Crippen LogP contribution in [0.5, 0.6) is 0 Å². The van der Waals surface area contributed by atoms with Gasteiger partial charge in [0.05, 0.1) is 6.07 Å². The monoisotopic (exact) mass is 168 g/mol. The van der Waals surface area contributed by atoms with Crippen LogP contribution in [0.4, 0.5) is 0 Å². The molecule has 0 aromatic carbocycles. The molecule has 4 nitrogen and oxygen atoms in total. The first-order valence-corrected chi connectivity index (χ1v) is 4.03. The molecule has 4 heteroatoms. The van der Waals surface area contributed by atoms with Gasteiger partial charge >= 0.3 is 0 Å². The number of nitrogens with zero attached hydrogens (tertiary/aromatic N) is 2. The molecule has 0 aromatic heterocycles. The number of aliphatic hydroxyl groups excluding tert-OH is 1. The molecular formula is C8H12N2O2. The minimum Gasteiger partial charge on any atom is -0.396 e. The van der Waals surface area contributed by atoms with Crippen LogP contribution in [-0.4, -0.2) is 35.6 Å². The number of carbonyl (C=O) groups excluding carboxylic acids is 1. The molecule has 0 aromatic rings. The third-order valence-electron chi connectivity index (χ3n) is 2.13. The molecule has 0 bridgehead atoms. The Morgan fingerprint density at radius 2 is 2.50 bits per heavy atom. The predicted octanol–water partition coefficient (Wildman–Crippen LogP) is -0.259. The van der Waals surface area contributed by atoms with Gasteiger partial charge in [0, 0.05) is 25.6 Å². The Kier molecular flexibility index (Phi) is 3.06. The number of hydrogen-bond donors (Lipinski definition) is 1. The van der Waals surface area contributed by atoms with Crippen molar-refractivity contribution in [3.63, 3.8) is 0 Å². The van der Waals surface area contributed by atoms with Crippen molar-refractivity contribution in [3.8, 4) is 6.07 Å². The maximum absolute atomic E-state index is 11.1. The molecule has 1 atom stereocenters. The summed E-state index contributed by atoms with van der Waals surface area (Å²) in [4.78, 5) is 12.8. The Hall–Kier alpha value is -1.08. The molecule has 0 saturated carbocycles. The Morgan fingerprint density at radius 3 is 3.00 bits per heavy atom. The zero-order valence-electron chi connectivity index (χ0n) is 6.86. The van der Waals surface area contributed by atoms with Crippen molar-refractivity contribution in [1.82, 2.24) is 4.90 Å². The summed E-state index contributed by atoms with van der Waals surface area (Å²) in [6.07, 6.45) is 0.811. The van der Waals surface area contributed by atoms with Crippen molar-refractivity contribution in [1.29, 1.82) is 5.26 Å². The normalized spacial score (nSPS) is 22.3. The molecule has 1 amide bonds. The van der Waals surface area contributed by atoms with Gasteiger partial charge in [-0.3, -0.25) is 4.79 Å². The van der Waals surface area contributed by atoms with E-state index in [2.05, 4.69) is 0 Å². The average molecular weight is 168 g/mol. The van der Waals surface area contributed by atoms with Gasteiger partial charge in [0.15, 0.2) is 0 Å². The van der Waals surface area contributed by atoms with Gasteiger partial charge in [0.1, 0.15) is 6.42 Å². The van der Waals surface area contributed by atoms with Gasteiger partial charge in [-0.05, 0) is 6.42 Å². The van der Waals surface area contributed by atoms with Gasteiger partial charge in [-0.15, -0.1) is 0 Å². The van der Waals surface area contributed by atoms with Crippen molar-refractivity contribution in [2.45, 2.75) is 12.8 Å². The van der Waals surface area contributed by atoms with Crippen LogP contribution in [-0.2, 0) is 4.79 Å². The molecule has 1 unspecified atom stereocenters. The largest absolute Gasteiger partial charge is 0.396 e. The minimum absolute atomic E-state index is 0.0435. The first kappa shape index (κ1) is 9.01. The summed E-state index contributed by atoms with van der Waals surface area (Å²) >= 11 is 0.